The first-order valence-corrected chi connectivity index (χ1v) is 11.7. The number of aromatic nitrogens is 3. The van der Waals surface area contributed by atoms with Gasteiger partial charge in [0, 0.05) is 32.4 Å². The van der Waals surface area contributed by atoms with Crippen molar-refractivity contribution >= 4 is 26.9 Å². The molecule has 1 aliphatic carbocycles. The molecule has 2 aromatic heterocycles. The van der Waals surface area contributed by atoms with E-state index in [1.165, 1.54) is 4.31 Å². The molecule has 2 aliphatic rings. The van der Waals surface area contributed by atoms with Crippen LogP contribution in [0.15, 0.2) is 18.6 Å². The molecule has 1 saturated heterocycles. The van der Waals surface area contributed by atoms with Gasteiger partial charge >= 0.3 is 0 Å². The fraction of sp³-hybridized carbons (Fsp3) is 0.684. The predicted molar refractivity (Wildman–Crippen MR) is 109 cm³/mol. The molecule has 0 bridgehead atoms. The zero-order valence-electron chi connectivity index (χ0n) is 16.3. The molecular formula is C19H29N5O3S. The van der Waals surface area contributed by atoms with Crippen LogP contribution in [0.1, 0.15) is 38.5 Å². The van der Waals surface area contributed by atoms with Crippen molar-refractivity contribution in [1.82, 2.24) is 19.3 Å². The summed E-state index contributed by atoms with van der Waals surface area (Å²) in [6, 6.07) is 2.34. The zero-order valence-corrected chi connectivity index (χ0v) is 17.1. The first kappa shape index (κ1) is 19.6. The Bertz CT molecular complexity index is 907. The quantitative estimate of drug-likeness (QED) is 0.783. The van der Waals surface area contributed by atoms with E-state index >= 15 is 0 Å². The van der Waals surface area contributed by atoms with Crippen LogP contribution in [-0.2, 0) is 10.0 Å². The van der Waals surface area contributed by atoms with Crippen LogP contribution in [0.25, 0.3) is 11.0 Å². The van der Waals surface area contributed by atoms with Crippen molar-refractivity contribution in [2.24, 2.45) is 5.92 Å². The summed E-state index contributed by atoms with van der Waals surface area (Å²) >= 11 is 0. The van der Waals surface area contributed by atoms with E-state index in [0.29, 0.717) is 19.0 Å². The zero-order chi connectivity index (χ0) is 19.7. The van der Waals surface area contributed by atoms with Crippen LogP contribution in [0.2, 0.25) is 0 Å². The molecule has 4 rings (SSSR count). The van der Waals surface area contributed by atoms with E-state index in [1.54, 1.807) is 6.33 Å². The van der Waals surface area contributed by atoms with Gasteiger partial charge in [0.05, 0.1) is 17.2 Å². The van der Waals surface area contributed by atoms with E-state index in [1.807, 2.05) is 12.3 Å². The third kappa shape index (κ3) is 4.01. The van der Waals surface area contributed by atoms with Gasteiger partial charge in [-0.1, -0.05) is 0 Å². The van der Waals surface area contributed by atoms with Crippen molar-refractivity contribution in [2.75, 3.05) is 30.8 Å². The standard InChI is InChI=1S/C19H29N5O3S/c1-23(19-17-8-9-20-18(17)21-13-22-19)15-6-4-14(5-7-15)12-28(26,27)24-10-2-3-16(25)11-24/h8-9,13-16,25H,2-7,10-12H2,1H3,(H,20,21,22)/t14-,15-,16?. The first-order valence-electron chi connectivity index (χ1n) is 10.1. The number of sulfonamides is 1. The number of piperidine rings is 1. The highest BCUT2D eigenvalue weighted by Gasteiger charge is 2.33. The van der Waals surface area contributed by atoms with Crippen molar-refractivity contribution < 1.29 is 13.5 Å². The maximum absolute atomic E-state index is 12.7. The molecule has 1 aliphatic heterocycles. The van der Waals surface area contributed by atoms with Crippen LogP contribution in [0.4, 0.5) is 5.82 Å². The average molecular weight is 408 g/mol. The Kier molecular flexibility index (Phi) is 5.57. The summed E-state index contributed by atoms with van der Waals surface area (Å²) in [5.74, 6) is 1.31. The van der Waals surface area contributed by atoms with Crippen molar-refractivity contribution in [2.45, 2.75) is 50.7 Å². The molecule has 0 aromatic carbocycles. The predicted octanol–water partition coefficient (Wildman–Crippen LogP) is 1.74. The Balaban J connectivity index is 1.36. The number of aromatic amines is 1. The molecule has 0 radical (unpaired) electrons. The van der Waals surface area contributed by atoms with E-state index in [-0.39, 0.29) is 18.2 Å². The van der Waals surface area contributed by atoms with Crippen molar-refractivity contribution in [1.29, 1.82) is 0 Å². The number of hydrogen-bond donors (Lipinski definition) is 2. The highest BCUT2D eigenvalue weighted by Crippen LogP contribution is 2.32. The van der Waals surface area contributed by atoms with E-state index in [2.05, 4.69) is 26.9 Å². The molecule has 1 atom stereocenters. The van der Waals surface area contributed by atoms with E-state index in [9.17, 15) is 13.5 Å². The molecule has 154 valence electrons. The molecule has 1 saturated carbocycles. The number of nitrogens with one attached hydrogen (secondary N) is 1. The first-order chi connectivity index (χ1) is 13.4. The SMILES string of the molecule is CN(c1ncnc2[nH]ccc12)[C@H]1CC[C@H](CS(=O)(=O)N2CCCC(O)C2)CC1. The normalized spacial score (nSPS) is 27.1. The third-order valence-corrected chi connectivity index (χ3v) is 8.24. The molecule has 28 heavy (non-hydrogen) atoms. The van der Waals surface area contributed by atoms with Gasteiger partial charge in [-0.3, -0.25) is 0 Å². The number of H-pyrrole nitrogens is 1. The number of rotatable bonds is 5. The van der Waals surface area contributed by atoms with Gasteiger partial charge in [0.1, 0.15) is 17.8 Å². The molecule has 2 fully saturated rings. The molecule has 0 spiro atoms. The van der Waals surface area contributed by atoms with Crippen LogP contribution in [-0.4, -0.2) is 70.8 Å². The topological polar surface area (TPSA) is 102 Å². The van der Waals surface area contributed by atoms with Gasteiger partial charge in [0.25, 0.3) is 0 Å². The Hall–Kier alpha value is -1.71. The van der Waals surface area contributed by atoms with Crippen LogP contribution >= 0.6 is 0 Å². The van der Waals surface area contributed by atoms with Crippen LogP contribution in [0.3, 0.4) is 0 Å². The molecule has 9 heteroatoms. The summed E-state index contributed by atoms with van der Waals surface area (Å²) in [7, 11) is -1.23. The molecule has 8 nitrogen and oxygen atoms in total. The molecule has 2 aromatic rings. The highest BCUT2D eigenvalue weighted by atomic mass is 32.2. The smallest absolute Gasteiger partial charge is 0.214 e. The Morgan fingerprint density at radius 2 is 2.04 bits per heavy atom. The lowest BCUT2D eigenvalue weighted by Gasteiger charge is -2.36. The third-order valence-electron chi connectivity index (χ3n) is 6.23. The second-order valence-corrected chi connectivity index (χ2v) is 10.2. The Morgan fingerprint density at radius 3 is 2.79 bits per heavy atom. The van der Waals surface area contributed by atoms with Crippen molar-refractivity contribution in [3.63, 3.8) is 0 Å². The number of fused-ring (bicyclic) bond motifs is 1. The summed E-state index contributed by atoms with van der Waals surface area (Å²) in [6.45, 7) is 0.790. The minimum absolute atomic E-state index is 0.186. The second kappa shape index (κ2) is 7.96. The summed E-state index contributed by atoms with van der Waals surface area (Å²) in [5, 5.41) is 10.8. The lowest BCUT2D eigenvalue weighted by Crippen LogP contribution is -2.45. The lowest BCUT2D eigenvalue weighted by molar-refractivity contribution is 0.107. The van der Waals surface area contributed by atoms with Crippen LogP contribution in [0.5, 0.6) is 0 Å². The molecule has 1 unspecified atom stereocenters. The summed E-state index contributed by atoms with van der Waals surface area (Å²) in [5.41, 5.74) is 0.834. The minimum Gasteiger partial charge on any atom is -0.392 e. The van der Waals surface area contributed by atoms with Gasteiger partial charge in [-0.05, 0) is 50.5 Å². The van der Waals surface area contributed by atoms with Gasteiger partial charge in [0.15, 0.2) is 0 Å². The number of nitrogens with zero attached hydrogens (tertiary/aromatic N) is 4. The lowest BCUT2D eigenvalue weighted by atomic mass is 9.86. The van der Waals surface area contributed by atoms with Crippen LogP contribution < -0.4 is 4.90 Å². The second-order valence-electron chi connectivity index (χ2n) is 8.16. The van der Waals surface area contributed by atoms with Gasteiger partial charge in [0.2, 0.25) is 10.0 Å². The van der Waals surface area contributed by atoms with E-state index in [0.717, 1.165) is 49.0 Å². The molecule has 3 heterocycles. The van der Waals surface area contributed by atoms with Crippen LogP contribution in [0, 0.1) is 5.92 Å². The number of hydrogen-bond acceptors (Lipinski definition) is 6. The van der Waals surface area contributed by atoms with Crippen molar-refractivity contribution in [3.8, 4) is 0 Å². The minimum atomic E-state index is -3.29. The van der Waals surface area contributed by atoms with E-state index < -0.39 is 16.1 Å². The monoisotopic (exact) mass is 407 g/mol. The van der Waals surface area contributed by atoms with Gasteiger partial charge in [-0.2, -0.15) is 4.31 Å². The maximum Gasteiger partial charge on any atom is 0.214 e. The van der Waals surface area contributed by atoms with Gasteiger partial charge < -0.3 is 15.0 Å². The molecular weight excluding hydrogens is 378 g/mol. The average Bonchev–Trinajstić information content (AvgIpc) is 3.17. The molecule has 0 amide bonds. The van der Waals surface area contributed by atoms with Gasteiger partial charge in [-0.15, -0.1) is 0 Å². The Labute approximate surface area is 166 Å². The number of β-amino-alcohol motifs (C(OH)–C–C–N with tert-alkyl or cyclic N) is 1. The van der Waals surface area contributed by atoms with Gasteiger partial charge in [-0.25, -0.2) is 18.4 Å². The number of aliphatic hydroxyl groups excluding tert-OH is 1. The Morgan fingerprint density at radius 1 is 1.25 bits per heavy atom. The fourth-order valence-corrected chi connectivity index (χ4v) is 6.53. The summed E-state index contributed by atoms with van der Waals surface area (Å²) in [4.78, 5) is 14.0. The maximum atomic E-state index is 12.7. The largest absolute Gasteiger partial charge is 0.392 e. The summed E-state index contributed by atoms with van der Waals surface area (Å²) in [6.07, 6.45) is 8.06. The van der Waals surface area contributed by atoms with Crippen molar-refractivity contribution in [3.05, 3.63) is 18.6 Å². The molecule has 2 N–H and O–H groups in total. The summed E-state index contributed by atoms with van der Waals surface area (Å²) < 4.78 is 27.0. The van der Waals surface area contributed by atoms with E-state index in [4.69, 9.17) is 0 Å². The highest BCUT2D eigenvalue weighted by molar-refractivity contribution is 7.89. The fourth-order valence-electron chi connectivity index (χ4n) is 4.59. The number of anilines is 1. The number of aliphatic hydroxyl groups is 1.